The molecule has 1 aliphatic carbocycles. The highest BCUT2D eigenvalue weighted by Gasteiger charge is 2.29. The van der Waals surface area contributed by atoms with Crippen LogP contribution in [0.3, 0.4) is 0 Å². The minimum absolute atomic E-state index is 0.842. The van der Waals surface area contributed by atoms with E-state index in [1.807, 2.05) is 11.3 Å². The summed E-state index contributed by atoms with van der Waals surface area (Å²) >= 11 is 1.99. The Kier molecular flexibility index (Phi) is 3.16. The summed E-state index contributed by atoms with van der Waals surface area (Å²) in [5, 5.41) is 5.01. The van der Waals surface area contributed by atoms with E-state index in [4.69, 9.17) is 0 Å². The average molecular weight is 259 g/mol. The van der Waals surface area contributed by atoms with E-state index in [0.29, 0.717) is 0 Å². The van der Waals surface area contributed by atoms with Crippen LogP contribution in [0.1, 0.15) is 47.3 Å². The second-order valence-electron chi connectivity index (χ2n) is 5.43. The maximum Gasteiger partial charge on any atom is 0.0351 e. The minimum atomic E-state index is 0.842. The lowest BCUT2D eigenvalue weighted by Crippen LogP contribution is -2.11. The molecule has 96 valence electrons. The van der Waals surface area contributed by atoms with Crippen molar-refractivity contribution < 1.29 is 0 Å². The van der Waals surface area contributed by atoms with Crippen LogP contribution in [0.25, 0.3) is 10.1 Å². The van der Waals surface area contributed by atoms with E-state index in [1.165, 1.54) is 34.1 Å². The standard InChI is InChI=1S/C16H21NS/c1-4-17-9-15-16(12-5-6-12)13-7-10(2)11(3)8-14(13)18-15/h7-8,12,17H,4-6,9H2,1-3H3. The summed E-state index contributed by atoms with van der Waals surface area (Å²) in [4.78, 5) is 1.57. The molecule has 0 spiro atoms. The number of benzene rings is 1. The molecule has 1 fully saturated rings. The second kappa shape index (κ2) is 4.67. The summed E-state index contributed by atoms with van der Waals surface area (Å²) < 4.78 is 1.48. The Labute approximate surface area is 113 Å². The Hall–Kier alpha value is -0.860. The lowest BCUT2D eigenvalue weighted by molar-refractivity contribution is 0.730. The predicted molar refractivity (Wildman–Crippen MR) is 80.7 cm³/mol. The normalized spacial score (nSPS) is 15.5. The van der Waals surface area contributed by atoms with Crippen molar-refractivity contribution in [2.24, 2.45) is 0 Å². The quantitative estimate of drug-likeness (QED) is 0.852. The van der Waals surface area contributed by atoms with Crippen molar-refractivity contribution in [1.82, 2.24) is 5.32 Å². The first kappa shape index (κ1) is 12.2. The van der Waals surface area contributed by atoms with Crippen molar-refractivity contribution in [3.8, 4) is 0 Å². The average Bonchev–Trinajstić information content (AvgIpc) is 3.11. The molecule has 1 aliphatic rings. The highest BCUT2D eigenvalue weighted by atomic mass is 32.1. The summed E-state index contributed by atoms with van der Waals surface area (Å²) in [7, 11) is 0. The summed E-state index contributed by atoms with van der Waals surface area (Å²) in [6.45, 7) is 8.72. The monoisotopic (exact) mass is 259 g/mol. The molecule has 1 N–H and O–H groups in total. The van der Waals surface area contributed by atoms with Crippen molar-refractivity contribution >= 4 is 21.4 Å². The van der Waals surface area contributed by atoms with E-state index in [9.17, 15) is 0 Å². The molecule has 0 bridgehead atoms. The first-order valence-electron chi connectivity index (χ1n) is 6.94. The van der Waals surface area contributed by atoms with E-state index in [1.54, 1.807) is 10.4 Å². The van der Waals surface area contributed by atoms with Gasteiger partial charge in [-0.3, -0.25) is 0 Å². The predicted octanol–water partition coefficient (Wildman–Crippen LogP) is 4.51. The molecule has 0 amide bonds. The fourth-order valence-corrected chi connectivity index (χ4v) is 3.95. The number of fused-ring (bicyclic) bond motifs is 1. The largest absolute Gasteiger partial charge is 0.312 e. The molecule has 1 saturated carbocycles. The van der Waals surface area contributed by atoms with Gasteiger partial charge in [0.15, 0.2) is 0 Å². The van der Waals surface area contributed by atoms with Crippen LogP contribution in [-0.2, 0) is 6.54 Å². The summed E-state index contributed by atoms with van der Waals surface area (Å²) in [5.74, 6) is 0.842. The third kappa shape index (κ3) is 2.08. The molecule has 0 radical (unpaired) electrons. The lowest BCUT2D eigenvalue weighted by Gasteiger charge is -2.04. The zero-order chi connectivity index (χ0) is 12.7. The molecular weight excluding hydrogens is 238 g/mol. The van der Waals surface area contributed by atoms with Gasteiger partial charge in [0.2, 0.25) is 0 Å². The van der Waals surface area contributed by atoms with Crippen LogP contribution in [0, 0.1) is 13.8 Å². The van der Waals surface area contributed by atoms with Gasteiger partial charge in [-0.15, -0.1) is 11.3 Å². The first-order chi connectivity index (χ1) is 8.70. The fourth-order valence-electron chi connectivity index (χ4n) is 2.61. The van der Waals surface area contributed by atoms with Crippen LogP contribution < -0.4 is 5.32 Å². The molecule has 1 heterocycles. The van der Waals surface area contributed by atoms with Gasteiger partial charge < -0.3 is 5.32 Å². The maximum absolute atomic E-state index is 3.49. The molecule has 0 saturated heterocycles. The molecule has 2 aromatic rings. The van der Waals surface area contributed by atoms with Gasteiger partial charge in [0.05, 0.1) is 0 Å². The molecule has 1 aromatic heterocycles. The van der Waals surface area contributed by atoms with Gasteiger partial charge in [-0.1, -0.05) is 13.0 Å². The van der Waals surface area contributed by atoms with Gasteiger partial charge >= 0.3 is 0 Å². The number of nitrogens with one attached hydrogen (secondary N) is 1. The Morgan fingerprint density at radius 3 is 2.61 bits per heavy atom. The molecule has 0 unspecified atom stereocenters. The van der Waals surface area contributed by atoms with Gasteiger partial charge in [-0.2, -0.15) is 0 Å². The van der Waals surface area contributed by atoms with Crippen LogP contribution in [0.5, 0.6) is 0 Å². The van der Waals surface area contributed by atoms with Crippen molar-refractivity contribution in [3.63, 3.8) is 0 Å². The third-order valence-electron chi connectivity index (χ3n) is 3.94. The number of hydrogen-bond donors (Lipinski definition) is 1. The number of hydrogen-bond acceptors (Lipinski definition) is 2. The van der Waals surface area contributed by atoms with Crippen molar-refractivity contribution in [2.45, 2.75) is 46.1 Å². The van der Waals surface area contributed by atoms with E-state index >= 15 is 0 Å². The zero-order valence-electron chi connectivity index (χ0n) is 11.5. The lowest BCUT2D eigenvalue weighted by atomic mass is 10.0. The Morgan fingerprint density at radius 2 is 1.94 bits per heavy atom. The van der Waals surface area contributed by atoms with Gasteiger partial charge in [0.1, 0.15) is 0 Å². The Balaban J connectivity index is 2.13. The highest BCUT2D eigenvalue weighted by Crippen LogP contribution is 2.48. The van der Waals surface area contributed by atoms with Crippen LogP contribution in [-0.4, -0.2) is 6.54 Å². The molecule has 1 nitrogen and oxygen atoms in total. The third-order valence-corrected chi connectivity index (χ3v) is 5.11. The molecule has 0 aliphatic heterocycles. The number of thiophene rings is 1. The smallest absolute Gasteiger partial charge is 0.0351 e. The van der Waals surface area contributed by atoms with E-state index in [0.717, 1.165) is 19.0 Å². The molecule has 2 heteroatoms. The maximum atomic E-state index is 3.49. The summed E-state index contributed by atoms with van der Waals surface area (Å²) in [5.41, 5.74) is 4.50. The summed E-state index contributed by atoms with van der Waals surface area (Å²) in [6, 6.07) is 4.78. The molecule has 3 rings (SSSR count). The molecule has 1 aromatic carbocycles. The van der Waals surface area contributed by atoms with Crippen LogP contribution in [0.4, 0.5) is 0 Å². The molecular formula is C16H21NS. The SMILES string of the molecule is CCNCc1sc2cc(C)c(C)cc2c1C1CC1. The topological polar surface area (TPSA) is 12.0 Å². The molecule has 18 heavy (non-hydrogen) atoms. The first-order valence-corrected chi connectivity index (χ1v) is 7.75. The Morgan fingerprint density at radius 1 is 1.22 bits per heavy atom. The van der Waals surface area contributed by atoms with Crippen LogP contribution in [0.2, 0.25) is 0 Å². The second-order valence-corrected chi connectivity index (χ2v) is 6.56. The molecule has 0 atom stereocenters. The van der Waals surface area contributed by atoms with Gasteiger partial charge in [0.25, 0.3) is 0 Å². The summed E-state index contributed by atoms with van der Waals surface area (Å²) in [6.07, 6.45) is 2.77. The fraction of sp³-hybridized carbons (Fsp3) is 0.500. The number of aryl methyl sites for hydroxylation is 2. The van der Waals surface area contributed by atoms with Gasteiger partial charge in [-0.05, 0) is 67.3 Å². The van der Waals surface area contributed by atoms with E-state index in [-0.39, 0.29) is 0 Å². The minimum Gasteiger partial charge on any atom is -0.312 e. The van der Waals surface area contributed by atoms with E-state index < -0.39 is 0 Å². The number of rotatable bonds is 4. The van der Waals surface area contributed by atoms with Crippen molar-refractivity contribution in [1.29, 1.82) is 0 Å². The van der Waals surface area contributed by atoms with Crippen LogP contribution in [0.15, 0.2) is 12.1 Å². The van der Waals surface area contributed by atoms with Gasteiger partial charge in [0, 0.05) is 16.1 Å². The highest BCUT2D eigenvalue weighted by molar-refractivity contribution is 7.19. The Bertz CT molecular complexity index is 578. The van der Waals surface area contributed by atoms with Gasteiger partial charge in [-0.25, -0.2) is 0 Å². The van der Waals surface area contributed by atoms with Crippen molar-refractivity contribution in [2.75, 3.05) is 6.54 Å². The van der Waals surface area contributed by atoms with E-state index in [2.05, 4.69) is 38.2 Å². The zero-order valence-corrected chi connectivity index (χ0v) is 12.3. The van der Waals surface area contributed by atoms with Crippen LogP contribution >= 0.6 is 11.3 Å². The van der Waals surface area contributed by atoms with Crippen molar-refractivity contribution in [3.05, 3.63) is 33.7 Å².